The van der Waals surface area contributed by atoms with Crippen LogP contribution in [0.3, 0.4) is 0 Å². The van der Waals surface area contributed by atoms with E-state index in [9.17, 15) is 4.79 Å². The molecule has 1 aromatic rings. The normalized spacial score (nSPS) is 14.6. The van der Waals surface area contributed by atoms with Crippen molar-refractivity contribution in [1.82, 2.24) is 0 Å². The molecule has 0 saturated carbocycles. The lowest BCUT2D eigenvalue weighted by Gasteiger charge is -2.12. The maximum absolute atomic E-state index is 12.2. The van der Waals surface area contributed by atoms with Crippen LogP contribution < -0.4 is 4.74 Å². The first-order valence-corrected chi connectivity index (χ1v) is 6.67. The Bertz CT molecular complexity index is 577. The van der Waals surface area contributed by atoms with Crippen molar-refractivity contribution in [1.29, 1.82) is 0 Å². The van der Waals surface area contributed by atoms with E-state index < -0.39 is 0 Å². The van der Waals surface area contributed by atoms with Gasteiger partial charge < -0.3 is 4.74 Å². The second-order valence-corrected chi connectivity index (χ2v) is 4.88. The third-order valence-electron chi connectivity index (χ3n) is 3.83. The van der Waals surface area contributed by atoms with Gasteiger partial charge in [0.05, 0.1) is 7.11 Å². The molecule has 0 unspecified atom stereocenters. The van der Waals surface area contributed by atoms with Crippen molar-refractivity contribution >= 4 is 11.4 Å². The number of carbonyl (C=O) groups is 1. The minimum absolute atomic E-state index is 0.166. The summed E-state index contributed by atoms with van der Waals surface area (Å²) in [6.45, 7) is 6.14. The van der Waals surface area contributed by atoms with Crippen LogP contribution in [0.2, 0.25) is 0 Å². The van der Waals surface area contributed by atoms with Gasteiger partial charge in [-0.2, -0.15) is 0 Å². The van der Waals surface area contributed by atoms with Crippen LogP contribution in [0, 0.1) is 0 Å². The summed E-state index contributed by atoms with van der Waals surface area (Å²) in [6.07, 6.45) is 3.64. The smallest absolute Gasteiger partial charge is 0.163 e. The van der Waals surface area contributed by atoms with E-state index in [4.69, 9.17) is 4.74 Å². The SMILES string of the molecule is CCC(=O)c1cc(OC)ccc1C1=C(C)C(C)=CC1. The zero-order valence-electron chi connectivity index (χ0n) is 12.0. The molecule has 0 heterocycles. The fourth-order valence-electron chi connectivity index (χ4n) is 2.45. The van der Waals surface area contributed by atoms with Crippen molar-refractivity contribution in [3.8, 4) is 5.75 Å². The zero-order chi connectivity index (χ0) is 14.0. The molecule has 2 nitrogen and oxygen atoms in total. The highest BCUT2D eigenvalue weighted by Gasteiger charge is 2.18. The van der Waals surface area contributed by atoms with E-state index in [2.05, 4.69) is 19.9 Å². The van der Waals surface area contributed by atoms with E-state index in [0.717, 1.165) is 23.3 Å². The average Bonchev–Trinajstić information content (AvgIpc) is 2.77. The van der Waals surface area contributed by atoms with Gasteiger partial charge in [-0.3, -0.25) is 4.79 Å². The zero-order valence-corrected chi connectivity index (χ0v) is 12.0. The van der Waals surface area contributed by atoms with Gasteiger partial charge in [0.15, 0.2) is 5.78 Å². The van der Waals surface area contributed by atoms with Crippen molar-refractivity contribution in [2.24, 2.45) is 0 Å². The number of ketones is 1. The molecule has 0 fully saturated rings. The van der Waals surface area contributed by atoms with Crippen molar-refractivity contribution in [2.45, 2.75) is 33.6 Å². The molecule has 100 valence electrons. The summed E-state index contributed by atoms with van der Waals surface area (Å²) in [5, 5.41) is 0. The molecule has 19 heavy (non-hydrogen) atoms. The van der Waals surface area contributed by atoms with Crippen molar-refractivity contribution in [3.05, 3.63) is 46.5 Å². The first-order chi connectivity index (χ1) is 9.08. The minimum atomic E-state index is 0.166. The number of rotatable bonds is 4. The van der Waals surface area contributed by atoms with E-state index in [1.165, 1.54) is 16.7 Å². The van der Waals surface area contributed by atoms with Crippen LogP contribution in [-0.4, -0.2) is 12.9 Å². The van der Waals surface area contributed by atoms with E-state index in [1.54, 1.807) is 7.11 Å². The Kier molecular flexibility index (Phi) is 3.89. The van der Waals surface area contributed by atoms with Crippen molar-refractivity contribution < 1.29 is 9.53 Å². The lowest BCUT2D eigenvalue weighted by molar-refractivity contribution is 0.0987. The van der Waals surface area contributed by atoms with Crippen LogP contribution in [-0.2, 0) is 0 Å². The largest absolute Gasteiger partial charge is 0.497 e. The first-order valence-electron chi connectivity index (χ1n) is 6.67. The molecule has 0 spiro atoms. The van der Waals surface area contributed by atoms with Crippen LogP contribution in [0.5, 0.6) is 5.75 Å². The molecular formula is C17H20O2. The molecule has 0 aliphatic heterocycles. The Balaban J connectivity index is 2.55. The number of ether oxygens (including phenoxy) is 1. The molecule has 0 saturated heterocycles. The van der Waals surface area contributed by atoms with E-state index in [0.29, 0.717) is 6.42 Å². The standard InChI is InChI=1S/C17H20O2/c1-5-17(18)16-10-13(19-4)7-9-15(16)14-8-6-11(2)12(14)3/h6-7,9-10H,5,8H2,1-4H3. The number of methoxy groups -OCH3 is 1. The van der Waals surface area contributed by atoms with Gasteiger partial charge in [-0.15, -0.1) is 0 Å². The summed E-state index contributed by atoms with van der Waals surface area (Å²) in [6, 6.07) is 5.79. The van der Waals surface area contributed by atoms with Crippen LogP contribution in [0.15, 0.2) is 35.4 Å². The molecule has 2 rings (SSSR count). The maximum Gasteiger partial charge on any atom is 0.163 e. The summed E-state index contributed by atoms with van der Waals surface area (Å²) in [5.74, 6) is 0.903. The second kappa shape index (κ2) is 5.43. The second-order valence-electron chi connectivity index (χ2n) is 4.88. The maximum atomic E-state index is 12.2. The molecule has 0 aromatic heterocycles. The minimum Gasteiger partial charge on any atom is -0.497 e. The highest BCUT2D eigenvalue weighted by Crippen LogP contribution is 2.36. The van der Waals surface area contributed by atoms with E-state index in [-0.39, 0.29) is 5.78 Å². The van der Waals surface area contributed by atoms with Gasteiger partial charge in [0.25, 0.3) is 0 Å². The van der Waals surface area contributed by atoms with Crippen LogP contribution >= 0.6 is 0 Å². The summed E-state index contributed by atoms with van der Waals surface area (Å²) in [5.41, 5.74) is 5.69. The molecule has 1 aliphatic carbocycles. The number of Topliss-reactive ketones (excluding diaryl/α,β-unsaturated/α-hetero) is 1. The summed E-state index contributed by atoms with van der Waals surface area (Å²) >= 11 is 0. The highest BCUT2D eigenvalue weighted by atomic mass is 16.5. The highest BCUT2D eigenvalue weighted by molar-refractivity contribution is 6.01. The molecule has 1 aliphatic rings. The Morgan fingerprint density at radius 2 is 2.05 bits per heavy atom. The number of benzene rings is 1. The number of carbonyl (C=O) groups excluding carboxylic acids is 1. The summed E-state index contributed by atoms with van der Waals surface area (Å²) < 4.78 is 5.23. The van der Waals surface area contributed by atoms with Gasteiger partial charge in [0.2, 0.25) is 0 Å². The van der Waals surface area contributed by atoms with Crippen LogP contribution in [0.25, 0.3) is 5.57 Å². The van der Waals surface area contributed by atoms with Gasteiger partial charge >= 0.3 is 0 Å². The number of hydrogen-bond donors (Lipinski definition) is 0. The molecule has 2 heteroatoms. The lowest BCUT2D eigenvalue weighted by atomic mass is 9.93. The van der Waals surface area contributed by atoms with Gasteiger partial charge in [-0.05, 0) is 49.1 Å². The molecule has 0 N–H and O–H groups in total. The molecule has 0 atom stereocenters. The Morgan fingerprint density at radius 1 is 1.32 bits per heavy atom. The van der Waals surface area contributed by atoms with E-state index in [1.807, 2.05) is 25.1 Å². The first kappa shape index (κ1) is 13.6. The topological polar surface area (TPSA) is 26.3 Å². The Hall–Kier alpha value is -1.83. The molecule has 0 bridgehead atoms. The average molecular weight is 256 g/mol. The van der Waals surface area contributed by atoms with Gasteiger partial charge in [-0.25, -0.2) is 0 Å². The predicted molar refractivity (Wildman–Crippen MR) is 78.6 cm³/mol. The molecular weight excluding hydrogens is 236 g/mol. The number of hydrogen-bond acceptors (Lipinski definition) is 2. The van der Waals surface area contributed by atoms with Crippen LogP contribution in [0.1, 0.15) is 49.5 Å². The van der Waals surface area contributed by atoms with Crippen LogP contribution in [0.4, 0.5) is 0 Å². The van der Waals surface area contributed by atoms with Crippen molar-refractivity contribution in [3.63, 3.8) is 0 Å². The fraction of sp³-hybridized carbons (Fsp3) is 0.353. The van der Waals surface area contributed by atoms with Gasteiger partial charge in [-0.1, -0.05) is 24.6 Å². The molecule has 0 amide bonds. The third kappa shape index (κ3) is 2.48. The van der Waals surface area contributed by atoms with E-state index >= 15 is 0 Å². The Morgan fingerprint density at radius 3 is 2.58 bits per heavy atom. The predicted octanol–water partition coefficient (Wildman–Crippen LogP) is 4.41. The molecule has 1 aromatic carbocycles. The Labute approximate surface area is 114 Å². The lowest BCUT2D eigenvalue weighted by Crippen LogP contribution is -2.03. The van der Waals surface area contributed by atoms with Gasteiger partial charge in [0, 0.05) is 12.0 Å². The summed E-state index contributed by atoms with van der Waals surface area (Å²) in [4.78, 5) is 12.2. The quantitative estimate of drug-likeness (QED) is 0.746. The summed E-state index contributed by atoms with van der Waals surface area (Å²) in [7, 11) is 1.63. The van der Waals surface area contributed by atoms with Crippen molar-refractivity contribution in [2.75, 3.05) is 7.11 Å². The monoisotopic (exact) mass is 256 g/mol. The fourth-order valence-corrected chi connectivity index (χ4v) is 2.45. The molecule has 0 radical (unpaired) electrons. The van der Waals surface area contributed by atoms with Gasteiger partial charge in [0.1, 0.15) is 5.75 Å². The third-order valence-corrected chi connectivity index (χ3v) is 3.83. The number of allylic oxidation sites excluding steroid dienone is 4.